The molecule has 2 aliphatic rings. The molecule has 2 atom stereocenters. The molecule has 2 unspecified atom stereocenters. The molecule has 0 aromatic rings. The highest BCUT2D eigenvalue weighted by atomic mass is 16.1. The molecule has 1 aliphatic carbocycles. The van der Waals surface area contributed by atoms with E-state index in [2.05, 4.69) is 44.0 Å². The molecule has 21 heavy (non-hydrogen) atoms. The first-order valence-corrected chi connectivity index (χ1v) is 7.93. The van der Waals surface area contributed by atoms with Crippen molar-refractivity contribution in [2.45, 2.75) is 47.5 Å². The van der Waals surface area contributed by atoms with Gasteiger partial charge in [0.05, 0.1) is 0 Å². The fraction of sp³-hybridized carbons (Fsp3) is 0.579. The van der Waals surface area contributed by atoms with Crippen LogP contribution in [0.3, 0.4) is 0 Å². The van der Waals surface area contributed by atoms with Crippen molar-refractivity contribution in [2.24, 2.45) is 28.2 Å². The van der Waals surface area contributed by atoms with Crippen LogP contribution in [0.5, 0.6) is 0 Å². The molecular weight excluding hydrogens is 258 g/mol. The number of nitrogens with zero attached hydrogens (tertiary/aromatic N) is 1. The SMILES string of the molecule is CC(C)C(=O)C(CC1=NC=C2C=CC=CC21)CC(C)(C)C. The highest BCUT2D eigenvalue weighted by Gasteiger charge is 2.31. The van der Waals surface area contributed by atoms with Crippen LogP contribution in [-0.2, 0) is 4.79 Å². The number of ketones is 1. The van der Waals surface area contributed by atoms with Gasteiger partial charge in [0.2, 0.25) is 0 Å². The van der Waals surface area contributed by atoms with Crippen LogP contribution in [0.25, 0.3) is 0 Å². The Hall–Kier alpha value is -1.44. The molecule has 0 spiro atoms. The number of rotatable bonds is 5. The fourth-order valence-electron chi connectivity index (χ4n) is 3.14. The van der Waals surface area contributed by atoms with E-state index in [4.69, 9.17) is 0 Å². The van der Waals surface area contributed by atoms with Crippen molar-refractivity contribution in [3.63, 3.8) is 0 Å². The molecule has 0 fully saturated rings. The van der Waals surface area contributed by atoms with E-state index in [0.29, 0.717) is 5.78 Å². The Morgan fingerprint density at radius 1 is 1.29 bits per heavy atom. The van der Waals surface area contributed by atoms with Crippen LogP contribution in [0.15, 0.2) is 41.1 Å². The van der Waals surface area contributed by atoms with Gasteiger partial charge in [-0.15, -0.1) is 0 Å². The molecule has 114 valence electrons. The standard InChI is InChI=1S/C19H27NO/c1-13(2)18(21)15(11-19(3,4)5)10-17-16-9-7-6-8-14(16)12-20-17/h6-9,12-13,15-16H,10-11H2,1-5H3. The second-order valence-corrected chi connectivity index (χ2v) is 7.69. The van der Waals surface area contributed by atoms with Gasteiger partial charge in [-0.3, -0.25) is 9.79 Å². The lowest BCUT2D eigenvalue weighted by Gasteiger charge is -2.27. The molecule has 1 heterocycles. The Kier molecular flexibility index (Phi) is 4.65. The van der Waals surface area contributed by atoms with Crippen molar-refractivity contribution >= 4 is 11.5 Å². The lowest BCUT2D eigenvalue weighted by Crippen LogP contribution is -2.28. The Bertz CT molecular complexity index is 526. The Balaban J connectivity index is 2.11. The number of hydrogen-bond donors (Lipinski definition) is 0. The van der Waals surface area contributed by atoms with E-state index in [1.165, 1.54) is 5.57 Å². The Morgan fingerprint density at radius 2 is 2.00 bits per heavy atom. The number of carbonyl (C=O) groups excluding carboxylic acids is 1. The number of aliphatic imine (C=N–C) groups is 1. The van der Waals surface area contributed by atoms with E-state index in [-0.39, 0.29) is 23.2 Å². The highest BCUT2D eigenvalue weighted by molar-refractivity contribution is 5.97. The number of hydrogen-bond acceptors (Lipinski definition) is 2. The number of Topliss-reactive ketones (excluding diaryl/α,β-unsaturated/α-hetero) is 1. The van der Waals surface area contributed by atoms with Gasteiger partial charge in [-0.1, -0.05) is 58.9 Å². The van der Waals surface area contributed by atoms with Gasteiger partial charge in [0.25, 0.3) is 0 Å². The van der Waals surface area contributed by atoms with E-state index < -0.39 is 0 Å². The molecule has 0 N–H and O–H groups in total. The van der Waals surface area contributed by atoms with Crippen molar-refractivity contribution in [1.29, 1.82) is 0 Å². The van der Waals surface area contributed by atoms with Gasteiger partial charge in [0.15, 0.2) is 0 Å². The van der Waals surface area contributed by atoms with Crippen LogP contribution in [0.1, 0.15) is 47.5 Å². The monoisotopic (exact) mass is 285 g/mol. The summed E-state index contributed by atoms with van der Waals surface area (Å²) < 4.78 is 0. The van der Waals surface area contributed by atoms with Gasteiger partial charge < -0.3 is 0 Å². The Morgan fingerprint density at radius 3 is 2.62 bits per heavy atom. The van der Waals surface area contributed by atoms with E-state index in [1.807, 2.05) is 26.1 Å². The molecule has 0 amide bonds. The predicted molar refractivity (Wildman–Crippen MR) is 89.3 cm³/mol. The second kappa shape index (κ2) is 6.13. The summed E-state index contributed by atoms with van der Waals surface area (Å²) in [5.41, 5.74) is 2.56. The topological polar surface area (TPSA) is 29.4 Å². The number of carbonyl (C=O) groups is 1. The maximum absolute atomic E-state index is 12.6. The largest absolute Gasteiger partial charge is 0.299 e. The minimum atomic E-state index is 0.0795. The van der Waals surface area contributed by atoms with E-state index in [9.17, 15) is 4.79 Å². The lowest BCUT2D eigenvalue weighted by atomic mass is 9.76. The molecular formula is C19H27NO. The first-order valence-electron chi connectivity index (χ1n) is 7.93. The van der Waals surface area contributed by atoms with Crippen molar-refractivity contribution in [1.82, 2.24) is 0 Å². The quantitative estimate of drug-likeness (QED) is 0.717. The molecule has 0 saturated carbocycles. The molecule has 2 rings (SSSR count). The first kappa shape index (κ1) is 15.9. The zero-order valence-electron chi connectivity index (χ0n) is 13.9. The minimum absolute atomic E-state index is 0.0795. The lowest BCUT2D eigenvalue weighted by molar-refractivity contribution is -0.126. The van der Waals surface area contributed by atoms with Gasteiger partial charge in [-0.25, -0.2) is 0 Å². The summed E-state index contributed by atoms with van der Waals surface area (Å²) in [5.74, 6) is 0.832. The maximum atomic E-state index is 12.6. The highest BCUT2D eigenvalue weighted by Crippen LogP contribution is 2.33. The summed E-state index contributed by atoms with van der Waals surface area (Å²) in [6.07, 6.45) is 12.1. The van der Waals surface area contributed by atoms with Gasteiger partial charge in [-0.05, 0) is 23.8 Å². The van der Waals surface area contributed by atoms with Crippen molar-refractivity contribution in [3.05, 3.63) is 36.1 Å². The maximum Gasteiger partial charge on any atom is 0.138 e. The van der Waals surface area contributed by atoms with Crippen molar-refractivity contribution in [3.8, 4) is 0 Å². The average molecular weight is 285 g/mol. The first-order chi connectivity index (χ1) is 9.78. The number of allylic oxidation sites excluding steroid dienone is 5. The normalized spacial score (nSPS) is 22.1. The predicted octanol–water partition coefficient (Wildman–Crippen LogP) is 4.73. The summed E-state index contributed by atoms with van der Waals surface area (Å²) >= 11 is 0. The average Bonchev–Trinajstić information content (AvgIpc) is 2.79. The van der Waals surface area contributed by atoms with Gasteiger partial charge in [0, 0.05) is 29.7 Å². The summed E-state index contributed by atoms with van der Waals surface area (Å²) in [5, 5.41) is 0. The molecule has 2 nitrogen and oxygen atoms in total. The van der Waals surface area contributed by atoms with Crippen LogP contribution >= 0.6 is 0 Å². The van der Waals surface area contributed by atoms with Crippen molar-refractivity contribution in [2.75, 3.05) is 0 Å². The third kappa shape index (κ3) is 4.03. The minimum Gasteiger partial charge on any atom is -0.299 e. The molecule has 0 saturated heterocycles. The second-order valence-electron chi connectivity index (χ2n) is 7.69. The van der Waals surface area contributed by atoms with E-state index in [0.717, 1.165) is 18.6 Å². The van der Waals surface area contributed by atoms with Crippen LogP contribution in [0.2, 0.25) is 0 Å². The fourth-order valence-corrected chi connectivity index (χ4v) is 3.14. The third-order valence-corrected chi connectivity index (χ3v) is 4.09. The molecule has 2 heteroatoms. The van der Waals surface area contributed by atoms with Crippen molar-refractivity contribution < 1.29 is 4.79 Å². The summed E-state index contributed by atoms with van der Waals surface area (Å²) in [4.78, 5) is 17.2. The van der Waals surface area contributed by atoms with Gasteiger partial charge in [0.1, 0.15) is 5.78 Å². The summed E-state index contributed by atoms with van der Waals surface area (Å²) in [7, 11) is 0. The third-order valence-electron chi connectivity index (χ3n) is 4.09. The van der Waals surface area contributed by atoms with Crippen LogP contribution in [0, 0.1) is 23.2 Å². The summed E-state index contributed by atoms with van der Waals surface area (Å²) in [6.45, 7) is 10.6. The van der Waals surface area contributed by atoms with Gasteiger partial charge >= 0.3 is 0 Å². The van der Waals surface area contributed by atoms with Crippen LogP contribution in [-0.4, -0.2) is 11.5 Å². The molecule has 1 aliphatic heterocycles. The smallest absolute Gasteiger partial charge is 0.138 e. The van der Waals surface area contributed by atoms with Crippen LogP contribution in [0.4, 0.5) is 0 Å². The number of fused-ring (bicyclic) bond motifs is 1. The van der Waals surface area contributed by atoms with Gasteiger partial charge in [-0.2, -0.15) is 0 Å². The van der Waals surface area contributed by atoms with E-state index in [1.54, 1.807) is 0 Å². The Labute approximate surface area is 128 Å². The summed E-state index contributed by atoms with van der Waals surface area (Å²) in [6, 6.07) is 0. The molecule has 0 bridgehead atoms. The van der Waals surface area contributed by atoms with Crippen LogP contribution < -0.4 is 0 Å². The molecule has 0 aromatic carbocycles. The molecule has 0 radical (unpaired) electrons. The zero-order chi connectivity index (χ0) is 15.6. The van der Waals surface area contributed by atoms with E-state index >= 15 is 0 Å². The zero-order valence-corrected chi connectivity index (χ0v) is 13.9. The molecule has 0 aromatic heterocycles.